The normalized spacial score (nSPS) is 10.7. The van der Waals surface area contributed by atoms with E-state index in [0.29, 0.717) is 30.2 Å². The molecule has 4 aromatic rings. The van der Waals surface area contributed by atoms with Gasteiger partial charge in [0, 0.05) is 29.9 Å². The fraction of sp³-hybridized carbons (Fsp3) is 0.200. The van der Waals surface area contributed by atoms with Crippen molar-refractivity contribution >= 4 is 11.8 Å². The van der Waals surface area contributed by atoms with Crippen LogP contribution >= 0.6 is 0 Å². The first-order valence-electron chi connectivity index (χ1n) is 11.0. The minimum atomic E-state index is -0.349. The van der Waals surface area contributed by atoms with E-state index in [-0.39, 0.29) is 17.5 Å². The van der Waals surface area contributed by atoms with Crippen molar-refractivity contribution in [2.45, 2.75) is 26.2 Å². The second-order valence-corrected chi connectivity index (χ2v) is 7.58. The van der Waals surface area contributed by atoms with Crippen molar-refractivity contribution in [1.82, 2.24) is 25.1 Å². The van der Waals surface area contributed by atoms with E-state index < -0.39 is 0 Å². The molecule has 2 aromatic heterocycles. The molecule has 33 heavy (non-hydrogen) atoms. The van der Waals surface area contributed by atoms with E-state index in [1.54, 1.807) is 6.07 Å². The highest BCUT2D eigenvalue weighted by Crippen LogP contribution is 2.23. The van der Waals surface area contributed by atoms with Crippen LogP contribution in [-0.2, 0) is 12.8 Å². The molecule has 3 N–H and O–H groups in total. The van der Waals surface area contributed by atoms with Gasteiger partial charge < -0.3 is 5.32 Å². The van der Waals surface area contributed by atoms with Gasteiger partial charge in [0.25, 0.3) is 5.56 Å². The number of urea groups is 1. The molecule has 0 aliphatic heterocycles. The van der Waals surface area contributed by atoms with Crippen LogP contribution in [0, 0.1) is 0 Å². The molecule has 0 radical (unpaired) electrons. The van der Waals surface area contributed by atoms with Crippen LogP contribution in [0.15, 0.2) is 77.6 Å². The topological polar surface area (TPSA) is 105 Å². The summed E-state index contributed by atoms with van der Waals surface area (Å²) < 4.78 is 1.45. The number of nitrogens with one attached hydrogen (secondary N) is 3. The number of aromatic nitrogens is 4. The fourth-order valence-electron chi connectivity index (χ4n) is 3.46. The summed E-state index contributed by atoms with van der Waals surface area (Å²) in [6.45, 7) is 2.45. The lowest BCUT2D eigenvalue weighted by Gasteiger charge is -2.10. The van der Waals surface area contributed by atoms with Crippen LogP contribution < -0.4 is 16.2 Å². The number of aryl methyl sites for hydroxylation is 2. The molecule has 168 valence electrons. The molecule has 0 unspecified atom stereocenters. The number of carbonyl (C=O) groups is 1. The Morgan fingerprint density at radius 3 is 2.48 bits per heavy atom. The smallest absolute Gasteiger partial charge is 0.320 e. The molecule has 0 aliphatic carbocycles. The Hall–Kier alpha value is -4.20. The molecule has 8 heteroatoms. The van der Waals surface area contributed by atoms with Crippen molar-refractivity contribution < 1.29 is 4.79 Å². The summed E-state index contributed by atoms with van der Waals surface area (Å²) in [6.07, 6.45) is 2.31. The number of carbonyl (C=O) groups excluding carboxylic acids is 1. The molecule has 0 atom stereocenters. The standard InChI is InChI=1S/C25H26N6O2/c1-2-20-16-23(32)29-24(27-20)31-22(17-21(30-31)19-13-7-4-8-14-19)28-25(33)26-15-9-12-18-10-5-3-6-11-18/h3-8,10-11,13-14,16-17H,2,9,12,15H2,1H3,(H2,26,28,33)(H,27,29,32). The third kappa shape index (κ3) is 5.74. The highest BCUT2D eigenvalue weighted by atomic mass is 16.2. The summed E-state index contributed by atoms with van der Waals surface area (Å²) in [7, 11) is 0. The lowest BCUT2D eigenvalue weighted by Crippen LogP contribution is -2.31. The Morgan fingerprint density at radius 2 is 1.76 bits per heavy atom. The number of anilines is 1. The predicted octanol–water partition coefficient (Wildman–Crippen LogP) is 3.94. The lowest BCUT2D eigenvalue weighted by atomic mass is 10.1. The Morgan fingerprint density at radius 1 is 1.03 bits per heavy atom. The maximum absolute atomic E-state index is 12.6. The van der Waals surface area contributed by atoms with Gasteiger partial charge in [-0.25, -0.2) is 9.78 Å². The first-order chi connectivity index (χ1) is 16.1. The maximum Gasteiger partial charge on any atom is 0.320 e. The van der Waals surface area contributed by atoms with Gasteiger partial charge in [0.2, 0.25) is 5.95 Å². The zero-order valence-corrected chi connectivity index (χ0v) is 18.4. The number of amides is 2. The molecule has 0 aliphatic rings. The molecular formula is C25H26N6O2. The first-order valence-corrected chi connectivity index (χ1v) is 11.0. The highest BCUT2D eigenvalue weighted by Gasteiger charge is 2.16. The minimum Gasteiger partial charge on any atom is -0.338 e. The third-order valence-corrected chi connectivity index (χ3v) is 5.14. The molecule has 0 saturated carbocycles. The van der Waals surface area contributed by atoms with Crippen LogP contribution in [0.5, 0.6) is 0 Å². The molecule has 2 aromatic carbocycles. The fourth-order valence-corrected chi connectivity index (χ4v) is 3.46. The highest BCUT2D eigenvalue weighted by molar-refractivity contribution is 5.89. The monoisotopic (exact) mass is 442 g/mol. The summed E-state index contributed by atoms with van der Waals surface area (Å²) in [5.41, 5.74) is 3.14. The second kappa shape index (κ2) is 10.4. The van der Waals surface area contributed by atoms with Crippen LogP contribution in [-0.4, -0.2) is 32.3 Å². The summed E-state index contributed by atoms with van der Waals surface area (Å²) in [5, 5.41) is 10.3. The van der Waals surface area contributed by atoms with E-state index in [2.05, 4.69) is 37.8 Å². The van der Waals surface area contributed by atoms with Crippen molar-refractivity contribution in [2.24, 2.45) is 0 Å². The van der Waals surface area contributed by atoms with Crippen molar-refractivity contribution in [1.29, 1.82) is 0 Å². The minimum absolute atomic E-state index is 0.251. The Labute approximate surface area is 191 Å². The molecular weight excluding hydrogens is 416 g/mol. The molecule has 2 heterocycles. The largest absolute Gasteiger partial charge is 0.338 e. The van der Waals surface area contributed by atoms with Crippen molar-refractivity contribution in [2.75, 3.05) is 11.9 Å². The maximum atomic E-state index is 12.6. The number of aromatic amines is 1. The average molecular weight is 443 g/mol. The van der Waals surface area contributed by atoms with E-state index in [9.17, 15) is 9.59 Å². The van der Waals surface area contributed by atoms with Gasteiger partial charge in [-0.2, -0.15) is 9.78 Å². The van der Waals surface area contributed by atoms with Crippen LogP contribution in [0.2, 0.25) is 0 Å². The van der Waals surface area contributed by atoms with Gasteiger partial charge in [-0.3, -0.25) is 15.1 Å². The van der Waals surface area contributed by atoms with Crippen molar-refractivity contribution in [3.8, 4) is 17.2 Å². The summed E-state index contributed by atoms with van der Waals surface area (Å²) in [6, 6.07) is 22.6. The van der Waals surface area contributed by atoms with Gasteiger partial charge in [-0.15, -0.1) is 0 Å². The molecule has 0 fully saturated rings. The predicted molar refractivity (Wildman–Crippen MR) is 129 cm³/mol. The molecule has 8 nitrogen and oxygen atoms in total. The molecule has 0 spiro atoms. The van der Waals surface area contributed by atoms with E-state index in [1.807, 2.05) is 55.5 Å². The van der Waals surface area contributed by atoms with Crippen LogP contribution in [0.25, 0.3) is 17.2 Å². The van der Waals surface area contributed by atoms with Gasteiger partial charge in [0.1, 0.15) is 5.82 Å². The van der Waals surface area contributed by atoms with E-state index in [1.165, 1.54) is 16.3 Å². The quantitative estimate of drug-likeness (QED) is 0.360. The number of rotatable bonds is 8. The molecule has 2 amide bonds. The molecule has 4 rings (SSSR count). The van der Waals surface area contributed by atoms with E-state index >= 15 is 0 Å². The number of H-pyrrole nitrogens is 1. The van der Waals surface area contributed by atoms with Crippen molar-refractivity contribution in [3.05, 3.63) is 94.4 Å². The summed E-state index contributed by atoms with van der Waals surface area (Å²) in [5.74, 6) is 0.659. The number of nitrogens with zero attached hydrogens (tertiary/aromatic N) is 3. The zero-order chi connectivity index (χ0) is 23.0. The van der Waals surface area contributed by atoms with Gasteiger partial charge in [0.15, 0.2) is 0 Å². The van der Waals surface area contributed by atoms with Crippen LogP contribution in [0.4, 0.5) is 10.6 Å². The number of hydrogen-bond donors (Lipinski definition) is 3. The number of benzene rings is 2. The van der Waals surface area contributed by atoms with Gasteiger partial charge in [-0.1, -0.05) is 67.6 Å². The number of hydrogen-bond acceptors (Lipinski definition) is 4. The molecule has 0 saturated heterocycles. The summed E-state index contributed by atoms with van der Waals surface area (Å²) >= 11 is 0. The second-order valence-electron chi connectivity index (χ2n) is 7.58. The molecule has 0 bridgehead atoms. The summed E-state index contributed by atoms with van der Waals surface area (Å²) in [4.78, 5) is 31.9. The SMILES string of the molecule is CCc1cc(=O)[nH]c(-n2nc(-c3ccccc3)cc2NC(=O)NCCCc2ccccc2)n1. The lowest BCUT2D eigenvalue weighted by molar-refractivity contribution is 0.252. The van der Waals surface area contributed by atoms with Crippen LogP contribution in [0.1, 0.15) is 24.6 Å². The Kier molecular flexibility index (Phi) is 6.94. The van der Waals surface area contributed by atoms with Gasteiger partial charge in [-0.05, 0) is 24.8 Å². The Balaban J connectivity index is 1.52. The third-order valence-electron chi connectivity index (χ3n) is 5.14. The van der Waals surface area contributed by atoms with Crippen molar-refractivity contribution in [3.63, 3.8) is 0 Å². The zero-order valence-electron chi connectivity index (χ0n) is 18.4. The van der Waals surface area contributed by atoms with E-state index in [4.69, 9.17) is 0 Å². The van der Waals surface area contributed by atoms with Gasteiger partial charge >= 0.3 is 6.03 Å². The van der Waals surface area contributed by atoms with Crippen LogP contribution in [0.3, 0.4) is 0 Å². The first kappa shape index (κ1) is 22.0. The Bertz CT molecular complexity index is 1270. The van der Waals surface area contributed by atoms with E-state index in [0.717, 1.165) is 18.4 Å². The average Bonchev–Trinajstić information content (AvgIpc) is 3.26. The van der Waals surface area contributed by atoms with Gasteiger partial charge in [0.05, 0.1) is 5.69 Å².